The van der Waals surface area contributed by atoms with Gasteiger partial charge < -0.3 is 14.6 Å². The Morgan fingerprint density at radius 1 is 1.03 bits per heavy atom. The van der Waals surface area contributed by atoms with Crippen LogP contribution in [-0.4, -0.2) is 29.4 Å². The molecule has 0 spiro atoms. The molecular formula is C26H34FNO5. The molecule has 0 aliphatic rings. The zero-order valence-corrected chi connectivity index (χ0v) is 20.7. The summed E-state index contributed by atoms with van der Waals surface area (Å²) in [4.78, 5) is 24.8. The van der Waals surface area contributed by atoms with Crippen molar-refractivity contribution in [2.45, 2.75) is 73.1 Å². The van der Waals surface area contributed by atoms with E-state index in [1.165, 1.54) is 6.07 Å². The number of amides is 1. The number of carbonyl (C=O) groups excluding carboxylic acids is 2. The van der Waals surface area contributed by atoms with Gasteiger partial charge in [0.05, 0.1) is 13.0 Å². The van der Waals surface area contributed by atoms with Crippen molar-refractivity contribution >= 4 is 12.1 Å². The number of hydrogen-bond acceptors (Lipinski definition) is 5. The molecule has 2 aromatic rings. The molecule has 6 nitrogen and oxygen atoms in total. The van der Waals surface area contributed by atoms with Crippen LogP contribution in [0.2, 0.25) is 0 Å². The summed E-state index contributed by atoms with van der Waals surface area (Å²) in [5.41, 5.74) is 1.39. The summed E-state index contributed by atoms with van der Waals surface area (Å²) >= 11 is 0. The third-order valence-corrected chi connectivity index (χ3v) is 5.35. The van der Waals surface area contributed by atoms with Gasteiger partial charge in [0.1, 0.15) is 11.4 Å². The van der Waals surface area contributed by atoms with E-state index < -0.39 is 35.6 Å². The molecular weight excluding hydrogens is 425 g/mol. The molecule has 0 saturated heterocycles. The van der Waals surface area contributed by atoms with Gasteiger partial charge in [-0.25, -0.2) is 9.18 Å². The van der Waals surface area contributed by atoms with Gasteiger partial charge in [-0.3, -0.25) is 10.1 Å². The number of aryl methyl sites for hydroxylation is 3. The smallest absolute Gasteiger partial charge is 0.410 e. The zero-order valence-electron chi connectivity index (χ0n) is 20.7. The van der Waals surface area contributed by atoms with E-state index in [-0.39, 0.29) is 17.7 Å². The van der Waals surface area contributed by atoms with Crippen molar-refractivity contribution in [3.8, 4) is 11.1 Å². The van der Waals surface area contributed by atoms with Gasteiger partial charge in [-0.05, 0) is 101 Å². The highest BCUT2D eigenvalue weighted by Crippen LogP contribution is 2.36. The second-order valence-corrected chi connectivity index (χ2v) is 9.32. The van der Waals surface area contributed by atoms with Gasteiger partial charge in [0.2, 0.25) is 0 Å². The first-order valence-corrected chi connectivity index (χ1v) is 11.0. The van der Waals surface area contributed by atoms with Gasteiger partial charge >= 0.3 is 12.1 Å². The summed E-state index contributed by atoms with van der Waals surface area (Å²) in [5, 5.41) is 13.8. The van der Waals surface area contributed by atoms with Crippen LogP contribution in [0, 0.1) is 33.5 Å². The number of carbonyl (C=O) groups is 2. The highest BCUT2D eigenvalue weighted by atomic mass is 19.1. The molecule has 0 radical (unpaired) electrons. The third kappa shape index (κ3) is 6.32. The Hall–Kier alpha value is -2.93. The molecule has 2 N–H and O–H groups in total. The van der Waals surface area contributed by atoms with Crippen LogP contribution in [0.1, 0.15) is 61.9 Å². The Morgan fingerprint density at radius 3 is 2.21 bits per heavy atom. The topological polar surface area (TPSA) is 84.9 Å². The third-order valence-electron chi connectivity index (χ3n) is 5.35. The van der Waals surface area contributed by atoms with Gasteiger partial charge in [-0.15, -0.1) is 0 Å². The Morgan fingerprint density at radius 2 is 1.64 bits per heavy atom. The fourth-order valence-corrected chi connectivity index (χ4v) is 3.71. The Kier molecular flexibility index (Phi) is 7.91. The summed E-state index contributed by atoms with van der Waals surface area (Å²) in [6.45, 7) is 14.1. The van der Waals surface area contributed by atoms with E-state index in [1.54, 1.807) is 40.7 Å². The summed E-state index contributed by atoms with van der Waals surface area (Å²) in [6.07, 6.45) is -1.68. The normalized spacial score (nSPS) is 13.3. The molecule has 1 atom stereocenters. The standard InChI is InChI=1S/C26H34FNO5/c1-9-32-21(29)14-26(31,28-24(30)33-25(6,7)8)20-13-19(12-17(4)23(20)27)22-16(3)11-10-15(2)18(22)5/h10-13,31H,9,14H2,1-8H3,(H,28,30)/t26-/m0/s1. The van der Waals surface area contributed by atoms with E-state index in [2.05, 4.69) is 5.32 Å². The maximum atomic E-state index is 15.4. The largest absolute Gasteiger partial charge is 0.466 e. The molecule has 0 aromatic heterocycles. The van der Waals surface area contributed by atoms with Gasteiger partial charge in [-0.2, -0.15) is 0 Å². The first-order valence-electron chi connectivity index (χ1n) is 11.0. The van der Waals surface area contributed by atoms with E-state index in [0.717, 1.165) is 22.3 Å². The predicted octanol–water partition coefficient (Wildman–Crippen LogP) is 5.35. The minimum atomic E-state index is -2.38. The predicted molar refractivity (Wildman–Crippen MR) is 125 cm³/mol. The number of esters is 1. The number of nitrogens with one attached hydrogen (secondary N) is 1. The Bertz CT molecular complexity index is 1060. The molecule has 2 aromatic carbocycles. The lowest BCUT2D eigenvalue weighted by Crippen LogP contribution is -2.49. The zero-order chi connectivity index (χ0) is 25.1. The molecule has 0 unspecified atom stereocenters. The Balaban J connectivity index is 2.69. The molecule has 7 heteroatoms. The highest BCUT2D eigenvalue weighted by Gasteiger charge is 2.39. The lowest BCUT2D eigenvalue weighted by Gasteiger charge is -2.31. The van der Waals surface area contributed by atoms with Gasteiger partial charge in [0.25, 0.3) is 0 Å². The molecule has 0 aliphatic heterocycles. The maximum Gasteiger partial charge on any atom is 0.410 e. The van der Waals surface area contributed by atoms with E-state index in [4.69, 9.17) is 9.47 Å². The number of hydrogen-bond donors (Lipinski definition) is 2. The van der Waals surface area contributed by atoms with Gasteiger partial charge in [0.15, 0.2) is 5.72 Å². The average Bonchev–Trinajstić information content (AvgIpc) is 2.65. The molecule has 33 heavy (non-hydrogen) atoms. The first kappa shape index (κ1) is 26.3. The van der Waals surface area contributed by atoms with E-state index in [0.29, 0.717) is 5.56 Å². The quantitative estimate of drug-likeness (QED) is 0.449. The number of alkyl carbamates (subject to hydrolysis) is 1. The minimum Gasteiger partial charge on any atom is -0.466 e. The van der Waals surface area contributed by atoms with Crippen LogP contribution in [0.4, 0.5) is 9.18 Å². The molecule has 1 amide bonds. The SMILES string of the molecule is CCOC(=O)C[C@@](O)(NC(=O)OC(C)(C)C)c1cc(-c2c(C)ccc(C)c2C)cc(C)c1F. The van der Waals surface area contributed by atoms with Crippen LogP contribution < -0.4 is 5.32 Å². The molecule has 0 bridgehead atoms. The van der Waals surface area contributed by atoms with Crippen LogP contribution >= 0.6 is 0 Å². The van der Waals surface area contributed by atoms with Crippen molar-refractivity contribution in [2.24, 2.45) is 0 Å². The fourth-order valence-electron chi connectivity index (χ4n) is 3.71. The lowest BCUT2D eigenvalue weighted by molar-refractivity contribution is -0.150. The number of ether oxygens (including phenoxy) is 2. The molecule has 180 valence electrons. The lowest BCUT2D eigenvalue weighted by atomic mass is 9.88. The first-order chi connectivity index (χ1) is 15.2. The van der Waals surface area contributed by atoms with Crippen molar-refractivity contribution < 1.29 is 28.6 Å². The van der Waals surface area contributed by atoms with Crippen molar-refractivity contribution in [3.05, 3.63) is 57.9 Å². The van der Waals surface area contributed by atoms with Crippen LogP contribution in [0.25, 0.3) is 11.1 Å². The summed E-state index contributed by atoms with van der Waals surface area (Å²) in [5.74, 6) is -1.52. The molecule has 0 saturated carbocycles. The van der Waals surface area contributed by atoms with Crippen molar-refractivity contribution in [1.82, 2.24) is 5.32 Å². The maximum absolute atomic E-state index is 15.4. The van der Waals surface area contributed by atoms with Crippen LogP contribution in [0.15, 0.2) is 24.3 Å². The minimum absolute atomic E-state index is 0.0740. The summed E-state index contributed by atoms with van der Waals surface area (Å²) < 4.78 is 25.6. The van der Waals surface area contributed by atoms with E-state index in [9.17, 15) is 14.7 Å². The molecule has 0 heterocycles. The summed E-state index contributed by atoms with van der Waals surface area (Å²) in [6, 6.07) is 7.13. The van der Waals surface area contributed by atoms with Gasteiger partial charge in [0, 0.05) is 5.56 Å². The highest BCUT2D eigenvalue weighted by molar-refractivity contribution is 5.77. The van der Waals surface area contributed by atoms with E-state index in [1.807, 2.05) is 32.9 Å². The fraction of sp³-hybridized carbons (Fsp3) is 0.462. The molecule has 0 aliphatic carbocycles. The number of rotatable bonds is 6. The second-order valence-electron chi connectivity index (χ2n) is 9.32. The van der Waals surface area contributed by atoms with Crippen molar-refractivity contribution in [1.29, 1.82) is 0 Å². The molecule has 0 fully saturated rings. The van der Waals surface area contributed by atoms with Crippen LogP contribution in [0.5, 0.6) is 0 Å². The number of halogens is 1. The number of benzene rings is 2. The van der Waals surface area contributed by atoms with Gasteiger partial charge in [-0.1, -0.05) is 12.1 Å². The molecule has 2 rings (SSSR count). The number of aliphatic hydroxyl groups is 1. The second kappa shape index (κ2) is 9.91. The Labute approximate surface area is 195 Å². The summed E-state index contributed by atoms with van der Waals surface area (Å²) in [7, 11) is 0. The van der Waals surface area contributed by atoms with Crippen LogP contribution in [0.3, 0.4) is 0 Å². The van der Waals surface area contributed by atoms with E-state index >= 15 is 4.39 Å². The average molecular weight is 460 g/mol. The van der Waals surface area contributed by atoms with Crippen molar-refractivity contribution in [3.63, 3.8) is 0 Å². The van der Waals surface area contributed by atoms with Crippen LogP contribution in [-0.2, 0) is 20.0 Å². The monoisotopic (exact) mass is 459 g/mol. The van der Waals surface area contributed by atoms with Crippen molar-refractivity contribution in [2.75, 3.05) is 6.61 Å².